The molecule has 0 radical (unpaired) electrons. The molecular weight excluding hydrogens is 228 g/mol. The molecule has 5 nitrogen and oxygen atoms in total. The minimum Gasteiger partial charge on any atom is -0.379 e. The zero-order valence-electron chi connectivity index (χ0n) is 11.4. The molecule has 1 saturated heterocycles. The number of nitrogens with zero attached hydrogens (tertiary/aromatic N) is 3. The lowest BCUT2D eigenvalue weighted by atomic mass is 9.89. The Morgan fingerprint density at radius 3 is 2.61 bits per heavy atom. The highest BCUT2D eigenvalue weighted by molar-refractivity contribution is 5.10. The molecule has 0 amide bonds. The molecule has 2 rings (SSSR count). The van der Waals surface area contributed by atoms with Crippen molar-refractivity contribution in [2.45, 2.75) is 25.4 Å². The molecule has 1 atom stereocenters. The molecule has 1 unspecified atom stereocenters. The summed E-state index contributed by atoms with van der Waals surface area (Å²) in [5.74, 6) is 0. The van der Waals surface area contributed by atoms with Crippen LogP contribution in [0.25, 0.3) is 0 Å². The van der Waals surface area contributed by atoms with Gasteiger partial charge < -0.3 is 10.1 Å². The molecule has 0 aromatic carbocycles. The molecule has 100 valence electrons. The van der Waals surface area contributed by atoms with Crippen molar-refractivity contribution < 1.29 is 4.74 Å². The first-order valence-corrected chi connectivity index (χ1v) is 6.42. The van der Waals surface area contributed by atoms with E-state index in [1.54, 1.807) is 12.4 Å². The SMILES string of the molecule is CNC(c1cnccn1)C(C)(C)N1CCOCC1. The second kappa shape index (κ2) is 5.73. The van der Waals surface area contributed by atoms with Gasteiger partial charge in [-0.2, -0.15) is 0 Å². The second-order valence-corrected chi connectivity index (χ2v) is 5.11. The summed E-state index contributed by atoms with van der Waals surface area (Å²) in [6.07, 6.45) is 5.29. The van der Waals surface area contributed by atoms with Crippen LogP contribution >= 0.6 is 0 Å². The van der Waals surface area contributed by atoms with Crippen molar-refractivity contribution in [1.29, 1.82) is 0 Å². The average Bonchev–Trinajstić information content (AvgIpc) is 2.41. The molecule has 1 aromatic rings. The standard InChI is InChI=1S/C13H22N4O/c1-13(2,17-6-8-18-9-7-17)12(14-3)11-10-15-4-5-16-11/h4-5,10,12,14H,6-9H2,1-3H3. The summed E-state index contributed by atoms with van der Waals surface area (Å²) in [4.78, 5) is 11.0. The van der Waals surface area contributed by atoms with Gasteiger partial charge in [0.1, 0.15) is 0 Å². The highest BCUT2D eigenvalue weighted by atomic mass is 16.5. The van der Waals surface area contributed by atoms with Gasteiger partial charge in [0.2, 0.25) is 0 Å². The Morgan fingerprint density at radius 1 is 1.33 bits per heavy atom. The van der Waals surface area contributed by atoms with Gasteiger partial charge >= 0.3 is 0 Å². The quantitative estimate of drug-likeness (QED) is 0.858. The van der Waals surface area contributed by atoms with E-state index in [1.165, 1.54) is 0 Å². The fourth-order valence-corrected chi connectivity index (χ4v) is 2.64. The maximum atomic E-state index is 5.42. The third-order valence-corrected chi connectivity index (χ3v) is 3.70. The van der Waals surface area contributed by atoms with Crippen LogP contribution in [-0.2, 0) is 4.74 Å². The molecule has 1 aliphatic heterocycles. The van der Waals surface area contributed by atoms with Gasteiger partial charge in [-0.15, -0.1) is 0 Å². The zero-order chi connectivity index (χ0) is 13.0. The van der Waals surface area contributed by atoms with Crippen LogP contribution in [0.2, 0.25) is 0 Å². The van der Waals surface area contributed by atoms with E-state index in [0.29, 0.717) is 0 Å². The summed E-state index contributed by atoms with van der Waals surface area (Å²) in [7, 11) is 1.97. The number of ether oxygens (including phenoxy) is 1. The molecule has 0 bridgehead atoms. The minimum absolute atomic E-state index is 0.0193. The average molecular weight is 250 g/mol. The fourth-order valence-electron chi connectivity index (χ4n) is 2.64. The number of hydrogen-bond acceptors (Lipinski definition) is 5. The lowest BCUT2D eigenvalue weighted by Gasteiger charge is -2.45. The molecule has 0 saturated carbocycles. The van der Waals surface area contributed by atoms with Gasteiger partial charge in [-0.3, -0.25) is 14.9 Å². The van der Waals surface area contributed by atoms with E-state index in [9.17, 15) is 0 Å². The Kier molecular flexibility index (Phi) is 4.27. The first kappa shape index (κ1) is 13.4. The van der Waals surface area contributed by atoms with Crippen LogP contribution < -0.4 is 5.32 Å². The highest BCUT2D eigenvalue weighted by Gasteiger charge is 2.37. The molecule has 1 fully saturated rings. The lowest BCUT2D eigenvalue weighted by Crippen LogP contribution is -2.55. The van der Waals surface area contributed by atoms with Crippen molar-refractivity contribution in [3.63, 3.8) is 0 Å². The van der Waals surface area contributed by atoms with Crippen LogP contribution in [0.15, 0.2) is 18.6 Å². The molecule has 1 N–H and O–H groups in total. The van der Waals surface area contributed by atoms with Gasteiger partial charge in [0, 0.05) is 31.0 Å². The molecule has 1 aromatic heterocycles. The van der Waals surface area contributed by atoms with Crippen molar-refractivity contribution in [2.75, 3.05) is 33.4 Å². The van der Waals surface area contributed by atoms with Gasteiger partial charge in [0.25, 0.3) is 0 Å². The summed E-state index contributed by atoms with van der Waals surface area (Å²) < 4.78 is 5.42. The van der Waals surface area contributed by atoms with E-state index in [4.69, 9.17) is 4.74 Å². The summed E-state index contributed by atoms with van der Waals surface area (Å²) in [6.45, 7) is 8.03. The Labute approximate surface area is 109 Å². The number of aromatic nitrogens is 2. The van der Waals surface area contributed by atoms with Gasteiger partial charge in [0.05, 0.1) is 31.1 Å². The second-order valence-electron chi connectivity index (χ2n) is 5.11. The maximum Gasteiger partial charge on any atom is 0.0774 e. The topological polar surface area (TPSA) is 50.3 Å². The van der Waals surface area contributed by atoms with E-state index in [0.717, 1.165) is 32.0 Å². The predicted octanol–water partition coefficient (Wildman–Crippen LogP) is 0.848. The largest absolute Gasteiger partial charge is 0.379 e. The summed E-state index contributed by atoms with van der Waals surface area (Å²) >= 11 is 0. The number of nitrogens with one attached hydrogen (secondary N) is 1. The van der Waals surface area contributed by atoms with Gasteiger partial charge in [-0.05, 0) is 20.9 Å². The normalized spacial score (nSPS) is 19.7. The third-order valence-electron chi connectivity index (χ3n) is 3.70. The van der Waals surface area contributed by atoms with Gasteiger partial charge in [-0.1, -0.05) is 0 Å². The smallest absolute Gasteiger partial charge is 0.0774 e. The van der Waals surface area contributed by atoms with Crippen LogP contribution in [0.5, 0.6) is 0 Å². The third kappa shape index (κ3) is 2.68. The minimum atomic E-state index is -0.0193. The Hall–Kier alpha value is -1.04. The zero-order valence-corrected chi connectivity index (χ0v) is 11.4. The lowest BCUT2D eigenvalue weighted by molar-refractivity contribution is -0.0234. The molecule has 0 spiro atoms. The number of morpholine rings is 1. The molecule has 0 aliphatic carbocycles. The van der Waals surface area contributed by atoms with Crippen molar-refractivity contribution >= 4 is 0 Å². The molecule has 2 heterocycles. The van der Waals surface area contributed by atoms with Crippen LogP contribution in [0, 0.1) is 0 Å². The van der Waals surface area contributed by atoms with Gasteiger partial charge in [0.15, 0.2) is 0 Å². The number of likely N-dealkylation sites (N-methyl/N-ethyl adjacent to an activating group) is 1. The summed E-state index contributed by atoms with van der Waals surface area (Å²) in [5.41, 5.74) is 0.964. The van der Waals surface area contributed by atoms with Crippen molar-refractivity contribution in [2.24, 2.45) is 0 Å². The van der Waals surface area contributed by atoms with Crippen molar-refractivity contribution in [3.05, 3.63) is 24.3 Å². The van der Waals surface area contributed by atoms with Crippen LogP contribution in [0.1, 0.15) is 25.6 Å². The molecule has 18 heavy (non-hydrogen) atoms. The van der Waals surface area contributed by atoms with E-state index >= 15 is 0 Å². The monoisotopic (exact) mass is 250 g/mol. The molecule has 5 heteroatoms. The first-order chi connectivity index (χ1) is 8.66. The van der Waals surface area contributed by atoms with Crippen LogP contribution in [-0.4, -0.2) is 53.8 Å². The van der Waals surface area contributed by atoms with Crippen LogP contribution in [0.3, 0.4) is 0 Å². The highest BCUT2D eigenvalue weighted by Crippen LogP contribution is 2.29. The molecule has 1 aliphatic rings. The fraction of sp³-hybridized carbons (Fsp3) is 0.692. The van der Waals surface area contributed by atoms with Crippen molar-refractivity contribution in [3.8, 4) is 0 Å². The number of hydrogen-bond donors (Lipinski definition) is 1. The van der Waals surface area contributed by atoms with E-state index in [-0.39, 0.29) is 11.6 Å². The Bertz CT molecular complexity index is 363. The van der Waals surface area contributed by atoms with E-state index < -0.39 is 0 Å². The maximum absolute atomic E-state index is 5.42. The van der Waals surface area contributed by atoms with E-state index in [2.05, 4.69) is 34.0 Å². The summed E-state index contributed by atoms with van der Waals surface area (Å²) in [6, 6.07) is 0.157. The van der Waals surface area contributed by atoms with Gasteiger partial charge in [-0.25, -0.2) is 0 Å². The van der Waals surface area contributed by atoms with E-state index in [1.807, 2.05) is 13.2 Å². The Morgan fingerprint density at radius 2 is 2.06 bits per heavy atom. The number of rotatable bonds is 4. The molecular formula is C13H22N4O. The summed E-state index contributed by atoms with van der Waals surface area (Å²) in [5, 5.41) is 3.37. The van der Waals surface area contributed by atoms with Crippen LogP contribution in [0.4, 0.5) is 0 Å². The van der Waals surface area contributed by atoms with Crippen molar-refractivity contribution in [1.82, 2.24) is 20.2 Å². The Balaban J connectivity index is 2.19. The first-order valence-electron chi connectivity index (χ1n) is 6.42. The predicted molar refractivity (Wildman–Crippen MR) is 70.3 cm³/mol.